The van der Waals surface area contributed by atoms with Gasteiger partial charge in [-0.25, -0.2) is 13.4 Å². The predicted molar refractivity (Wildman–Crippen MR) is 108 cm³/mol. The summed E-state index contributed by atoms with van der Waals surface area (Å²) in [7, 11) is -2.56. The maximum Gasteiger partial charge on any atom is 0.262 e. The molecule has 3 rings (SSSR count). The first-order valence-corrected chi connectivity index (χ1v) is 11.0. The third kappa shape index (κ3) is 5.75. The molecule has 0 spiro atoms. The number of amides is 1. The van der Waals surface area contributed by atoms with Crippen molar-refractivity contribution in [1.82, 2.24) is 9.87 Å². The van der Waals surface area contributed by atoms with E-state index in [4.69, 9.17) is 4.74 Å². The van der Waals surface area contributed by atoms with Crippen molar-refractivity contribution in [3.05, 3.63) is 48.2 Å². The molecule has 1 heterocycles. The van der Waals surface area contributed by atoms with Crippen LogP contribution in [0.25, 0.3) is 0 Å². The van der Waals surface area contributed by atoms with E-state index in [1.807, 2.05) is 4.89 Å². The van der Waals surface area contributed by atoms with Crippen LogP contribution in [0.15, 0.2) is 47.5 Å². The van der Waals surface area contributed by atoms with E-state index in [1.54, 1.807) is 18.3 Å². The zero-order valence-corrected chi connectivity index (χ0v) is 17.1. The minimum Gasteiger partial charge on any atom is -0.489 e. The first-order chi connectivity index (χ1) is 14.0. The number of benzene rings is 1. The molecule has 1 aromatic heterocycles. The van der Waals surface area contributed by atoms with E-state index >= 15 is 0 Å². The van der Waals surface area contributed by atoms with Gasteiger partial charge in [-0.2, -0.15) is 0 Å². The molecule has 1 aliphatic rings. The molecule has 0 radical (unpaired) electrons. The summed E-state index contributed by atoms with van der Waals surface area (Å²) in [6.07, 6.45) is 7.65. The first kappa shape index (κ1) is 21.2. The Balaban J connectivity index is 1.66. The van der Waals surface area contributed by atoms with Crippen LogP contribution in [0.3, 0.4) is 0 Å². The Bertz CT molecular complexity index is 925. The van der Waals surface area contributed by atoms with Gasteiger partial charge in [0.15, 0.2) is 11.6 Å². The molecule has 2 N–H and O–H groups in total. The van der Waals surface area contributed by atoms with Crippen molar-refractivity contribution in [2.45, 2.75) is 37.0 Å². The standard InChI is InChI=1S/C20H25N3O5S/c1-27-23-29(25,26)17-11-9-16(10-12-17)20(24)22-19-18(8-5-13-21-19)28-14-15-6-3-2-4-7-15/h5,8-13,15,23H,2-4,6-7,14H2,1H3,(H,21,22,24). The van der Waals surface area contributed by atoms with E-state index in [-0.39, 0.29) is 4.90 Å². The minimum absolute atomic E-state index is 0.00904. The highest BCUT2D eigenvalue weighted by molar-refractivity contribution is 7.89. The first-order valence-electron chi connectivity index (χ1n) is 9.53. The van der Waals surface area contributed by atoms with Crippen LogP contribution in [-0.4, -0.2) is 33.0 Å². The largest absolute Gasteiger partial charge is 0.489 e. The van der Waals surface area contributed by atoms with Gasteiger partial charge in [0.25, 0.3) is 15.9 Å². The molecule has 1 aromatic carbocycles. The molecule has 1 aliphatic carbocycles. The monoisotopic (exact) mass is 419 g/mol. The fourth-order valence-electron chi connectivity index (χ4n) is 3.29. The van der Waals surface area contributed by atoms with Gasteiger partial charge >= 0.3 is 0 Å². The number of anilines is 1. The lowest BCUT2D eigenvalue weighted by molar-refractivity contribution is 0.102. The SMILES string of the molecule is CONS(=O)(=O)c1ccc(C(=O)Nc2ncccc2OCC2CCCCC2)cc1. The summed E-state index contributed by atoms with van der Waals surface area (Å²) in [6.45, 7) is 0.605. The number of carbonyl (C=O) groups excluding carboxylic acids is 1. The molecule has 0 unspecified atom stereocenters. The number of hydrogen-bond acceptors (Lipinski definition) is 6. The van der Waals surface area contributed by atoms with Crippen molar-refractivity contribution < 1.29 is 22.8 Å². The molecule has 29 heavy (non-hydrogen) atoms. The number of rotatable bonds is 8. The Morgan fingerprint density at radius 3 is 2.55 bits per heavy atom. The second-order valence-electron chi connectivity index (χ2n) is 6.93. The summed E-state index contributed by atoms with van der Waals surface area (Å²) >= 11 is 0. The highest BCUT2D eigenvalue weighted by Crippen LogP contribution is 2.27. The lowest BCUT2D eigenvalue weighted by Crippen LogP contribution is -2.22. The fourth-order valence-corrected chi connectivity index (χ4v) is 4.10. The molecule has 0 atom stereocenters. The molecule has 8 nitrogen and oxygen atoms in total. The Morgan fingerprint density at radius 2 is 1.86 bits per heavy atom. The second kappa shape index (κ2) is 9.82. The quantitative estimate of drug-likeness (QED) is 0.637. The topological polar surface area (TPSA) is 107 Å². The van der Waals surface area contributed by atoms with Crippen molar-refractivity contribution in [2.24, 2.45) is 5.92 Å². The molecule has 1 amide bonds. The molecule has 0 aliphatic heterocycles. The van der Waals surface area contributed by atoms with Gasteiger partial charge in [-0.15, -0.1) is 0 Å². The van der Waals surface area contributed by atoms with Gasteiger partial charge in [0.2, 0.25) is 0 Å². The summed E-state index contributed by atoms with van der Waals surface area (Å²) < 4.78 is 29.7. The minimum atomic E-state index is -3.77. The summed E-state index contributed by atoms with van der Waals surface area (Å²) in [5.74, 6) is 0.985. The van der Waals surface area contributed by atoms with Crippen LogP contribution in [-0.2, 0) is 14.9 Å². The molecule has 1 saturated carbocycles. The average Bonchev–Trinajstić information content (AvgIpc) is 2.74. The van der Waals surface area contributed by atoms with Crippen LogP contribution in [0.2, 0.25) is 0 Å². The number of pyridine rings is 1. The Kier molecular flexibility index (Phi) is 7.18. The average molecular weight is 420 g/mol. The van der Waals surface area contributed by atoms with E-state index < -0.39 is 15.9 Å². The number of sulfonamides is 1. The second-order valence-corrected chi connectivity index (χ2v) is 8.58. The van der Waals surface area contributed by atoms with Gasteiger partial charge < -0.3 is 10.1 Å². The highest BCUT2D eigenvalue weighted by Gasteiger charge is 2.17. The lowest BCUT2D eigenvalue weighted by atomic mass is 9.90. The third-order valence-electron chi connectivity index (χ3n) is 4.82. The Morgan fingerprint density at radius 1 is 1.14 bits per heavy atom. The van der Waals surface area contributed by atoms with E-state index in [0.29, 0.717) is 29.7 Å². The molecule has 9 heteroatoms. The molecular weight excluding hydrogens is 394 g/mol. The number of nitrogens with zero attached hydrogens (tertiary/aromatic N) is 1. The van der Waals surface area contributed by atoms with Gasteiger partial charge in [0.1, 0.15) is 0 Å². The summed E-state index contributed by atoms with van der Waals surface area (Å²) in [5, 5.41) is 2.73. The fraction of sp³-hybridized carbons (Fsp3) is 0.400. The number of nitrogens with one attached hydrogen (secondary N) is 2. The zero-order chi connectivity index (χ0) is 20.7. The van der Waals surface area contributed by atoms with Crippen LogP contribution in [0.1, 0.15) is 42.5 Å². The highest BCUT2D eigenvalue weighted by atomic mass is 32.2. The summed E-state index contributed by atoms with van der Waals surface area (Å²) in [5.41, 5.74) is 0.297. The summed E-state index contributed by atoms with van der Waals surface area (Å²) in [6, 6.07) is 9.03. The normalized spacial score (nSPS) is 15.1. The van der Waals surface area contributed by atoms with Crippen LogP contribution >= 0.6 is 0 Å². The Hall–Kier alpha value is -2.49. The molecular formula is C20H25N3O5S. The van der Waals surface area contributed by atoms with E-state index in [9.17, 15) is 13.2 Å². The van der Waals surface area contributed by atoms with Crippen molar-refractivity contribution >= 4 is 21.7 Å². The zero-order valence-electron chi connectivity index (χ0n) is 16.3. The van der Waals surface area contributed by atoms with Crippen molar-refractivity contribution in [3.63, 3.8) is 0 Å². The molecule has 1 fully saturated rings. The van der Waals surface area contributed by atoms with Crippen LogP contribution in [0, 0.1) is 5.92 Å². The van der Waals surface area contributed by atoms with Crippen molar-refractivity contribution in [3.8, 4) is 5.75 Å². The lowest BCUT2D eigenvalue weighted by Gasteiger charge is -2.22. The van der Waals surface area contributed by atoms with Crippen molar-refractivity contribution in [1.29, 1.82) is 0 Å². The number of carbonyl (C=O) groups is 1. The molecule has 156 valence electrons. The molecule has 0 saturated heterocycles. The number of ether oxygens (including phenoxy) is 1. The number of aromatic nitrogens is 1. The van der Waals surface area contributed by atoms with Crippen LogP contribution < -0.4 is 14.9 Å². The van der Waals surface area contributed by atoms with Gasteiger partial charge in [-0.05, 0) is 55.2 Å². The summed E-state index contributed by atoms with van der Waals surface area (Å²) in [4.78, 5) is 23.1. The van der Waals surface area contributed by atoms with E-state index in [1.165, 1.54) is 50.6 Å². The van der Waals surface area contributed by atoms with E-state index in [2.05, 4.69) is 15.1 Å². The van der Waals surface area contributed by atoms with Gasteiger partial charge in [-0.1, -0.05) is 24.1 Å². The third-order valence-corrected chi connectivity index (χ3v) is 6.10. The van der Waals surface area contributed by atoms with Crippen molar-refractivity contribution in [2.75, 3.05) is 19.0 Å². The van der Waals surface area contributed by atoms with Crippen LogP contribution in [0.5, 0.6) is 5.75 Å². The Labute approximate surface area is 170 Å². The van der Waals surface area contributed by atoms with Crippen LogP contribution in [0.4, 0.5) is 5.82 Å². The molecule has 2 aromatic rings. The smallest absolute Gasteiger partial charge is 0.262 e. The predicted octanol–water partition coefficient (Wildman–Crippen LogP) is 3.13. The van der Waals surface area contributed by atoms with Gasteiger partial charge in [-0.3, -0.25) is 9.63 Å². The maximum atomic E-state index is 12.6. The van der Waals surface area contributed by atoms with Gasteiger partial charge in [0.05, 0.1) is 18.6 Å². The van der Waals surface area contributed by atoms with Gasteiger partial charge in [0, 0.05) is 11.8 Å². The van der Waals surface area contributed by atoms with E-state index in [0.717, 1.165) is 12.8 Å². The number of hydrogen-bond donors (Lipinski definition) is 2. The maximum absolute atomic E-state index is 12.6. The molecule has 0 bridgehead atoms.